The van der Waals surface area contributed by atoms with E-state index in [1.165, 1.54) is 22.3 Å². The minimum atomic E-state index is -0.269. The Labute approximate surface area is 153 Å². The lowest BCUT2D eigenvalue weighted by molar-refractivity contribution is -0.129. The highest BCUT2D eigenvalue weighted by Gasteiger charge is 2.21. The third-order valence-electron chi connectivity index (χ3n) is 4.53. The molecule has 1 aliphatic rings. The van der Waals surface area contributed by atoms with Crippen LogP contribution >= 0.6 is 11.8 Å². The molecule has 136 valence electrons. The Hall–Kier alpha value is -2.55. The van der Waals surface area contributed by atoms with Crippen molar-refractivity contribution >= 4 is 23.3 Å². The molecule has 3 aromatic rings. The molecule has 1 N–H and O–H groups in total. The van der Waals surface area contributed by atoms with Gasteiger partial charge in [-0.15, -0.1) is 0 Å². The van der Waals surface area contributed by atoms with Gasteiger partial charge in [0.25, 0.3) is 5.56 Å². The molecule has 0 unspecified atom stereocenters. The molecular formula is C17H19N5O3S. The topological polar surface area (TPSA) is 96.5 Å². The molecular weight excluding hydrogens is 354 g/mol. The highest BCUT2D eigenvalue weighted by Crippen LogP contribution is 2.23. The number of fused-ring (bicyclic) bond motifs is 1. The second-order valence-electron chi connectivity index (χ2n) is 6.47. The lowest BCUT2D eigenvalue weighted by atomic mass is 9.99. The number of likely N-dealkylation sites (tertiary alicyclic amines) is 1. The summed E-state index contributed by atoms with van der Waals surface area (Å²) in [6, 6.07) is 4.90. The Morgan fingerprint density at radius 2 is 2.19 bits per heavy atom. The minimum Gasteiger partial charge on any atom is -0.461 e. The van der Waals surface area contributed by atoms with Crippen molar-refractivity contribution in [3.63, 3.8) is 0 Å². The molecule has 0 spiro atoms. The van der Waals surface area contributed by atoms with E-state index in [2.05, 4.69) is 22.0 Å². The summed E-state index contributed by atoms with van der Waals surface area (Å²) >= 11 is 1.29. The average molecular weight is 373 g/mol. The number of nitrogens with one attached hydrogen (secondary N) is 1. The maximum atomic E-state index is 12.5. The number of aromatic amines is 1. The molecule has 1 fully saturated rings. The number of rotatable bonds is 4. The maximum absolute atomic E-state index is 12.5. The maximum Gasteiger partial charge on any atom is 0.266 e. The third kappa shape index (κ3) is 3.39. The Kier molecular flexibility index (Phi) is 4.54. The predicted molar refractivity (Wildman–Crippen MR) is 97.0 cm³/mol. The number of hydrogen-bond donors (Lipinski definition) is 1. The van der Waals surface area contributed by atoms with Crippen LogP contribution < -0.4 is 5.56 Å². The number of amides is 1. The number of H-pyrrole nitrogens is 1. The number of carbonyl (C=O) groups excluding carboxylic acids is 1. The Bertz CT molecular complexity index is 970. The van der Waals surface area contributed by atoms with Crippen molar-refractivity contribution in [2.75, 3.05) is 18.8 Å². The van der Waals surface area contributed by atoms with Gasteiger partial charge in [-0.25, -0.2) is 9.50 Å². The van der Waals surface area contributed by atoms with Crippen molar-refractivity contribution in [3.8, 4) is 11.6 Å². The number of piperidine rings is 1. The van der Waals surface area contributed by atoms with Crippen molar-refractivity contribution in [3.05, 3.63) is 34.8 Å². The van der Waals surface area contributed by atoms with Crippen LogP contribution in [-0.4, -0.2) is 49.2 Å². The fourth-order valence-corrected chi connectivity index (χ4v) is 3.83. The second kappa shape index (κ2) is 6.99. The molecule has 0 saturated carbocycles. The number of thioether (sulfide) groups is 1. The lowest BCUT2D eigenvalue weighted by Crippen LogP contribution is -2.38. The summed E-state index contributed by atoms with van der Waals surface area (Å²) in [6.45, 7) is 3.82. The molecule has 0 atom stereocenters. The van der Waals surface area contributed by atoms with E-state index in [1.54, 1.807) is 18.4 Å². The Balaban J connectivity index is 1.57. The molecule has 1 saturated heterocycles. The highest BCUT2D eigenvalue weighted by atomic mass is 32.2. The summed E-state index contributed by atoms with van der Waals surface area (Å²) in [7, 11) is 0. The van der Waals surface area contributed by atoms with Gasteiger partial charge < -0.3 is 9.32 Å². The number of aromatic nitrogens is 4. The van der Waals surface area contributed by atoms with E-state index in [9.17, 15) is 9.59 Å². The number of furan rings is 1. The van der Waals surface area contributed by atoms with E-state index < -0.39 is 0 Å². The molecule has 0 aromatic carbocycles. The van der Waals surface area contributed by atoms with Gasteiger partial charge in [0.2, 0.25) is 5.91 Å². The molecule has 0 radical (unpaired) electrons. The van der Waals surface area contributed by atoms with Crippen molar-refractivity contribution in [2.45, 2.75) is 24.9 Å². The summed E-state index contributed by atoms with van der Waals surface area (Å²) < 4.78 is 6.86. The Morgan fingerprint density at radius 3 is 2.92 bits per heavy atom. The first-order valence-electron chi connectivity index (χ1n) is 8.54. The fraction of sp³-hybridized carbons (Fsp3) is 0.412. The number of carbonyl (C=O) groups is 1. The quantitative estimate of drug-likeness (QED) is 0.703. The highest BCUT2D eigenvalue weighted by molar-refractivity contribution is 7.99. The molecule has 4 rings (SSSR count). The molecule has 1 amide bonds. The molecule has 0 bridgehead atoms. The van der Waals surface area contributed by atoms with Gasteiger partial charge in [-0.05, 0) is 30.9 Å². The summed E-state index contributed by atoms with van der Waals surface area (Å²) in [5, 5.41) is 3.17. The first kappa shape index (κ1) is 16.9. The zero-order valence-corrected chi connectivity index (χ0v) is 15.2. The normalized spacial score (nSPS) is 15.7. The largest absolute Gasteiger partial charge is 0.461 e. The van der Waals surface area contributed by atoms with Gasteiger partial charge >= 0.3 is 0 Å². The standard InChI is InChI=1S/C17H19N5O3S/c1-11-4-6-21(7-5-11)15(24)10-26-17-19-16(12-3-2-8-25-12)18-13-9-14(23)20-22(13)17/h2-3,8-9,11H,4-7,10H2,1H3,(H,20,23). The van der Waals surface area contributed by atoms with Gasteiger partial charge in [0, 0.05) is 19.2 Å². The van der Waals surface area contributed by atoms with Crippen LogP contribution in [0.1, 0.15) is 19.8 Å². The van der Waals surface area contributed by atoms with Crippen LogP contribution in [0.15, 0.2) is 38.8 Å². The van der Waals surface area contributed by atoms with Gasteiger partial charge in [0.1, 0.15) is 0 Å². The number of hydrogen-bond acceptors (Lipinski definition) is 6. The smallest absolute Gasteiger partial charge is 0.266 e. The number of nitrogens with zero attached hydrogens (tertiary/aromatic N) is 4. The van der Waals surface area contributed by atoms with Crippen LogP contribution in [0.2, 0.25) is 0 Å². The van der Waals surface area contributed by atoms with E-state index in [0.717, 1.165) is 25.9 Å². The van der Waals surface area contributed by atoms with Crippen molar-refractivity contribution in [1.29, 1.82) is 0 Å². The first-order chi connectivity index (χ1) is 12.6. The lowest BCUT2D eigenvalue weighted by Gasteiger charge is -2.30. The van der Waals surface area contributed by atoms with Crippen LogP contribution in [0, 0.1) is 5.92 Å². The van der Waals surface area contributed by atoms with E-state index in [1.807, 2.05) is 4.90 Å². The second-order valence-corrected chi connectivity index (χ2v) is 7.42. The molecule has 8 nitrogen and oxygen atoms in total. The first-order valence-corrected chi connectivity index (χ1v) is 9.53. The van der Waals surface area contributed by atoms with E-state index >= 15 is 0 Å². The van der Waals surface area contributed by atoms with Crippen LogP contribution in [0.3, 0.4) is 0 Å². The van der Waals surface area contributed by atoms with Gasteiger partial charge in [0.15, 0.2) is 22.4 Å². The van der Waals surface area contributed by atoms with Crippen LogP contribution in [0.4, 0.5) is 0 Å². The van der Waals surface area contributed by atoms with E-state index in [0.29, 0.717) is 28.3 Å². The summed E-state index contributed by atoms with van der Waals surface area (Å²) in [6.07, 6.45) is 3.63. The Morgan fingerprint density at radius 1 is 1.38 bits per heavy atom. The minimum absolute atomic E-state index is 0.0858. The van der Waals surface area contributed by atoms with Gasteiger partial charge in [-0.2, -0.15) is 4.98 Å². The van der Waals surface area contributed by atoms with E-state index in [-0.39, 0.29) is 17.2 Å². The van der Waals surface area contributed by atoms with Crippen molar-refractivity contribution in [1.82, 2.24) is 24.5 Å². The van der Waals surface area contributed by atoms with Crippen molar-refractivity contribution in [2.24, 2.45) is 5.92 Å². The van der Waals surface area contributed by atoms with Crippen molar-refractivity contribution < 1.29 is 9.21 Å². The zero-order chi connectivity index (χ0) is 18.1. The fourth-order valence-electron chi connectivity index (χ4n) is 2.97. The summed E-state index contributed by atoms with van der Waals surface area (Å²) in [4.78, 5) is 34.9. The molecule has 4 heterocycles. The molecule has 1 aliphatic heterocycles. The summed E-state index contributed by atoms with van der Waals surface area (Å²) in [5.74, 6) is 1.92. The van der Waals surface area contributed by atoms with E-state index in [4.69, 9.17) is 4.42 Å². The van der Waals surface area contributed by atoms with Crippen LogP contribution in [0.25, 0.3) is 17.2 Å². The van der Waals surface area contributed by atoms with Gasteiger partial charge in [0.05, 0.1) is 12.0 Å². The third-order valence-corrected chi connectivity index (χ3v) is 5.45. The predicted octanol–water partition coefficient (Wildman–Crippen LogP) is 2.03. The van der Waals surface area contributed by atoms with Crippen LogP contribution in [0.5, 0.6) is 0 Å². The summed E-state index contributed by atoms with van der Waals surface area (Å²) in [5.41, 5.74) is 0.173. The monoisotopic (exact) mass is 373 g/mol. The SMILES string of the molecule is CC1CCN(C(=O)CSc2nc(-c3ccco3)nc3cc(=O)[nH]n23)CC1. The van der Waals surface area contributed by atoms with Crippen LogP contribution in [-0.2, 0) is 4.79 Å². The average Bonchev–Trinajstić information content (AvgIpc) is 3.28. The molecule has 3 aromatic heterocycles. The molecule has 0 aliphatic carbocycles. The zero-order valence-electron chi connectivity index (χ0n) is 14.3. The molecule has 9 heteroatoms. The molecule has 26 heavy (non-hydrogen) atoms. The van der Waals surface area contributed by atoms with Gasteiger partial charge in [-0.1, -0.05) is 18.7 Å². The van der Waals surface area contributed by atoms with Gasteiger partial charge in [-0.3, -0.25) is 14.7 Å².